The van der Waals surface area contributed by atoms with Crippen LogP contribution in [0.1, 0.15) is 11.9 Å². The molecule has 1 unspecified atom stereocenters. The molecule has 1 aromatic heterocycles. The van der Waals surface area contributed by atoms with Gasteiger partial charge >= 0.3 is 0 Å². The fourth-order valence-corrected chi connectivity index (χ4v) is 3.17. The number of nitrogens with one attached hydrogen (secondary N) is 2. The lowest BCUT2D eigenvalue weighted by Gasteiger charge is -2.15. The van der Waals surface area contributed by atoms with Crippen LogP contribution in [0.25, 0.3) is 10.2 Å². The highest BCUT2D eigenvalue weighted by Crippen LogP contribution is 2.21. The first-order valence-electron chi connectivity index (χ1n) is 8.45. The Morgan fingerprint density at radius 1 is 1.14 bits per heavy atom. The van der Waals surface area contributed by atoms with Crippen LogP contribution in [-0.2, 0) is 20.9 Å². The summed E-state index contributed by atoms with van der Waals surface area (Å²) in [5.41, 5.74) is 5.32. The minimum Gasteiger partial charge on any atom is -0.478 e. The van der Waals surface area contributed by atoms with Gasteiger partial charge in [0.25, 0.3) is 11.8 Å². The van der Waals surface area contributed by atoms with Crippen LogP contribution in [0.2, 0.25) is 0 Å². The van der Waals surface area contributed by atoms with E-state index in [9.17, 15) is 14.0 Å². The normalized spacial score (nSPS) is 11.8. The van der Waals surface area contributed by atoms with Gasteiger partial charge in [-0.25, -0.2) is 9.37 Å². The molecule has 0 radical (unpaired) electrons. The maximum atomic E-state index is 13.5. The zero-order valence-electron chi connectivity index (χ0n) is 15.0. The third-order valence-electron chi connectivity index (χ3n) is 3.63. The van der Waals surface area contributed by atoms with Crippen molar-refractivity contribution in [1.82, 2.24) is 15.8 Å². The number of ether oxygens (including phenoxy) is 2. The molecule has 9 heteroatoms. The summed E-state index contributed by atoms with van der Waals surface area (Å²) < 4.78 is 25.1. The van der Waals surface area contributed by atoms with E-state index in [0.29, 0.717) is 0 Å². The molecule has 0 saturated carbocycles. The number of hydrazine groups is 1. The average molecular weight is 403 g/mol. The summed E-state index contributed by atoms with van der Waals surface area (Å²) in [4.78, 5) is 28.1. The molecular formula is C19H18FN3O4S. The van der Waals surface area contributed by atoms with Crippen LogP contribution in [0.3, 0.4) is 0 Å². The van der Waals surface area contributed by atoms with Gasteiger partial charge in [-0.05, 0) is 31.2 Å². The summed E-state index contributed by atoms with van der Waals surface area (Å²) >= 11 is 1.49. The highest BCUT2D eigenvalue weighted by Gasteiger charge is 2.17. The van der Waals surface area contributed by atoms with Crippen LogP contribution in [0.4, 0.5) is 4.39 Å². The Bertz CT molecular complexity index is 945. The number of nitrogens with zero attached hydrogens (tertiary/aromatic N) is 1. The van der Waals surface area contributed by atoms with E-state index in [1.807, 2.05) is 24.3 Å². The van der Waals surface area contributed by atoms with Crippen molar-refractivity contribution in [3.05, 3.63) is 59.4 Å². The van der Waals surface area contributed by atoms with Crippen molar-refractivity contribution in [2.24, 2.45) is 0 Å². The van der Waals surface area contributed by atoms with Crippen molar-refractivity contribution < 1.29 is 23.5 Å². The van der Waals surface area contributed by atoms with Crippen LogP contribution in [0.5, 0.6) is 5.75 Å². The van der Waals surface area contributed by atoms with Crippen molar-refractivity contribution in [2.75, 3.05) is 6.61 Å². The van der Waals surface area contributed by atoms with Gasteiger partial charge in [0, 0.05) is 0 Å². The molecule has 0 aliphatic heterocycles. The molecule has 1 heterocycles. The number of aromatic nitrogens is 1. The summed E-state index contributed by atoms with van der Waals surface area (Å²) in [6, 6.07) is 13.4. The summed E-state index contributed by atoms with van der Waals surface area (Å²) in [5.74, 6) is -1.78. The molecule has 3 aromatic rings. The highest BCUT2D eigenvalue weighted by molar-refractivity contribution is 7.18. The largest absolute Gasteiger partial charge is 0.478 e. The Kier molecular flexibility index (Phi) is 6.51. The molecular weight excluding hydrogens is 385 g/mol. The lowest BCUT2D eigenvalue weighted by atomic mass is 10.3. The molecule has 2 aromatic carbocycles. The average Bonchev–Trinajstić information content (AvgIpc) is 3.10. The van der Waals surface area contributed by atoms with E-state index in [1.165, 1.54) is 36.5 Å². The molecule has 7 nitrogen and oxygen atoms in total. The van der Waals surface area contributed by atoms with Gasteiger partial charge in [-0.3, -0.25) is 20.4 Å². The number of carbonyl (C=O) groups excluding carboxylic acids is 2. The van der Waals surface area contributed by atoms with Crippen molar-refractivity contribution in [3.63, 3.8) is 0 Å². The van der Waals surface area contributed by atoms with Gasteiger partial charge in [0.05, 0.1) is 16.8 Å². The van der Waals surface area contributed by atoms with Crippen molar-refractivity contribution in [2.45, 2.75) is 19.6 Å². The predicted octanol–water partition coefficient (Wildman–Crippen LogP) is 2.57. The molecule has 2 N–H and O–H groups in total. The lowest BCUT2D eigenvalue weighted by molar-refractivity contribution is -0.134. The Labute approximate surface area is 164 Å². The number of thiazole rings is 1. The predicted molar refractivity (Wildman–Crippen MR) is 102 cm³/mol. The monoisotopic (exact) mass is 403 g/mol. The van der Waals surface area contributed by atoms with Crippen LogP contribution in [-0.4, -0.2) is 29.5 Å². The number of halogens is 1. The number of hydrogen-bond donors (Lipinski definition) is 2. The Balaban J connectivity index is 1.38. The topological polar surface area (TPSA) is 89.6 Å². The smallest absolute Gasteiger partial charge is 0.279 e. The number of amides is 2. The number of carbonyl (C=O) groups is 2. The van der Waals surface area contributed by atoms with Crippen molar-refractivity contribution >= 4 is 33.4 Å². The summed E-state index contributed by atoms with van der Waals surface area (Å²) in [6.07, 6.45) is -0.999. The fourth-order valence-electron chi connectivity index (χ4n) is 2.27. The second-order valence-electron chi connectivity index (χ2n) is 5.80. The van der Waals surface area contributed by atoms with E-state index in [0.717, 1.165) is 15.2 Å². The lowest BCUT2D eigenvalue weighted by Crippen LogP contribution is -2.48. The molecule has 0 aliphatic carbocycles. The molecule has 0 aliphatic rings. The van der Waals surface area contributed by atoms with Gasteiger partial charge in [-0.15, -0.1) is 11.3 Å². The molecule has 0 bridgehead atoms. The summed E-state index contributed by atoms with van der Waals surface area (Å²) in [7, 11) is 0. The van der Waals surface area contributed by atoms with E-state index >= 15 is 0 Å². The minimum atomic E-state index is -0.999. The van der Waals surface area contributed by atoms with E-state index in [4.69, 9.17) is 9.47 Å². The third kappa shape index (κ3) is 5.24. The van der Waals surface area contributed by atoms with Crippen molar-refractivity contribution in [1.29, 1.82) is 0 Å². The first-order chi connectivity index (χ1) is 13.5. The van der Waals surface area contributed by atoms with Gasteiger partial charge in [-0.1, -0.05) is 24.3 Å². The maximum absolute atomic E-state index is 13.5. The van der Waals surface area contributed by atoms with Gasteiger partial charge in [0.15, 0.2) is 17.7 Å². The summed E-state index contributed by atoms with van der Waals surface area (Å²) in [5, 5.41) is 0.755. The molecule has 0 saturated heterocycles. The zero-order chi connectivity index (χ0) is 19.9. The van der Waals surface area contributed by atoms with Crippen LogP contribution in [0.15, 0.2) is 48.5 Å². The first-order valence-corrected chi connectivity index (χ1v) is 9.26. The minimum absolute atomic E-state index is 0.0457. The number of rotatable bonds is 7. The second-order valence-corrected chi connectivity index (χ2v) is 6.91. The number of hydrogen-bond acceptors (Lipinski definition) is 6. The highest BCUT2D eigenvalue weighted by atomic mass is 32.1. The Hall–Kier alpha value is -3.04. The van der Waals surface area contributed by atoms with E-state index < -0.39 is 23.7 Å². The summed E-state index contributed by atoms with van der Waals surface area (Å²) in [6.45, 7) is 1.38. The van der Waals surface area contributed by atoms with Gasteiger partial charge in [0.2, 0.25) is 0 Å². The van der Waals surface area contributed by atoms with Crippen LogP contribution in [0, 0.1) is 5.82 Å². The number of para-hydroxylation sites is 2. The van der Waals surface area contributed by atoms with Crippen LogP contribution >= 0.6 is 11.3 Å². The standard InChI is InChI=1S/C19H18FN3O4S/c1-12(27-15-8-4-2-6-13(15)20)19(25)23-22-17(24)10-26-11-18-21-14-7-3-5-9-16(14)28-18/h2-9,12H,10-11H2,1H3,(H,22,24)(H,23,25). The Morgan fingerprint density at radius 3 is 2.68 bits per heavy atom. The Morgan fingerprint density at radius 2 is 1.89 bits per heavy atom. The van der Waals surface area contributed by atoms with Crippen LogP contribution < -0.4 is 15.6 Å². The molecule has 0 fully saturated rings. The van der Waals surface area contributed by atoms with Gasteiger partial charge in [0.1, 0.15) is 11.6 Å². The molecule has 28 heavy (non-hydrogen) atoms. The van der Waals surface area contributed by atoms with Gasteiger partial charge in [-0.2, -0.15) is 0 Å². The van der Waals surface area contributed by atoms with Gasteiger partial charge < -0.3 is 9.47 Å². The molecule has 2 amide bonds. The van der Waals surface area contributed by atoms with E-state index in [2.05, 4.69) is 15.8 Å². The second kappa shape index (κ2) is 9.25. The fraction of sp³-hybridized carbons (Fsp3) is 0.211. The van der Waals surface area contributed by atoms with Crippen molar-refractivity contribution in [3.8, 4) is 5.75 Å². The molecule has 146 valence electrons. The molecule has 3 rings (SSSR count). The first kappa shape index (κ1) is 19.7. The SMILES string of the molecule is CC(Oc1ccccc1F)C(=O)NNC(=O)COCc1nc2ccccc2s1. The maximum Gasteiger partial charge on any atom is 0.279 e. The quantitative estimate of drug-likeness (QED) is 0.592. The number of benzene rings is 2. The van der Waals surface area contributed by atoms with E-state index in [1.54, 1.807) is 6.07 Å². The zero-order valence-corrected chi connectivity index (χ0v) is 15.8. The molecule has 0 spiro atoms. The number of fused-ring (bicyclic) bond motifs is 1. The molecule has 1 atom stereocenters. The third-order valence-corrected chi connectivity index (χ3v) is 4.64. The van der Waals surface area contributed by atoms with E-state index in [-0.39, 0.29) is 19.0 Å².